The lowest BCUT2D eigenvalue weighted by molar-refractivity contribution is 0.408. The molecule has 1 aromatic carbocycles. The van der Waals surface area contributed by atoms with Gasteiger partial charge >= 0.3 is 4.94 Å². The SMILES string of the molecule is COc1cc(C=NNc2nncn2N)cc2sc(=O)oc12.Cl.Cl. The first kappa shape index (κ1) is 18.7. The molecule has 0 atom stereocenters. The molecule has 9 nitrogen and oxygen atoms in total. The van der Waals surface area contributed by atoms with Crippen LogP contribution in [0.5, 0.6) is 5.75 Å². The molecule has 0 amide bonds. The first-order chi connectivity index (χ1) is 10.2. The Labute approximate surface area is 145 Å². The largest absolute Gasteiger partial charge is 0.493 e. The van der Waals surface area contributed by atoms with E-state index in [1.54, 1.807) is 18.3 Å². The lowest BCUT2D eigenvalue weighted by Crippen LogP contribution is -2.10. The smallest absolute Gasteiger partial charge is 0.396 e. The number of hydrogen-bond acceptors (Lipinski definition) is 9. The van der Waals surface area contributed by atoms with Gasteiger partial charge in [0.1, 0.15) is 6.33 Å². The summed E-state index contributed by atoms with van der Waals surface area (Å²) in [4.78, 5) is 10.9. The summed E-state index contributed by atoms with van der Waals surface area (Å²) in [6.07, 6.45) is 2.89. The van der Waals surface area contributed by atoms with Gasteiger partial charge in [-0.1, -0.05) is 11.3 Å². The van der Waals surface area contributed by atoms with Crippen LogP contribution in [-0.4, -0.2) is 28.2 Å². The van der Waals surface area contributed by atoms with E-state index in [1.165, 1.54) is 18.1 Å². The molecule has 124 valence electrons. The van der Waals surface area contributed by atoms with Crippen LogP contribution in [0.1, 0.15) is 5.56 Å². The van der Waals surface area contributed by atoms with E-state index in [-0.39, 0.29) is 29.8 Å². The van der Waals surface area contributed by atoms with Crippen LogP contribution in [0, 0.1) is 0 Å². The third kappa shape index (κ3) is 3.92. The number of nitrogens with one attached hydrogen (secondary N) is 1. The van der Waals surface area contributed by atoms with E-state index in [2.05, 4.69) is 20.7 Å². The van der Waals surface area contributed by atoms with Crippen molar-refractivity contribution in [3.63, 3.8) is 0 Å². The lowest BCUT2D eigenvalue weighted by Gasteiger charge is -2.02. The third-order valence-corrected chi connectivity index (χ3v) is 3.37. The van der Waals surface area contributed by atoms with Crippen LogP contribution >= 0.6 is 36.2 Å². The first-order valence-electron chi connectivity index (χ1n) is 5.73. The number of ether oxygens (including phenoxy) is 1. The van der Waals surface area contributed by atoms with E-state index in [9.17, 15) is 4.79 Å². The van der Waals surface area contributed by atoms with Crippen molar-refractivity contribution in [2.24, 2.45) is 5.10 Å². The number of aromatic nitrogens is 3. The van der Waals surface area contributed by atoms with Gasteiger partial charge in [-0.25, -0.2) is 14.9 Å². The Morgan fingerprint density at radius 1 is 1.48 bits per heavy atom. The highest BCUT2D eigenvalue weighted by atomic mass is 35.5. The standard InChI is InChI=1S/C11H10N6O3S.2ClH/c1-19-7-2-6(3-8-9(7)20-11(18)21-8)4-13-15-10-16-14-5-17(10)12;;/h2-5H,12H2,1H3,(H,15,16);2*1H. The summed E-state index contributed by atoms with van der Waals surface area (Å²) in [6.45, 7) is 0. The summed E-state index contributed by atoms with van der Waals surface area (Å²) in [5.41, 5.74) is 3.80. The maximum atomic E-state index is 11.3. The van der Waals surface area contributed by atoms with Crippen molar-refractivity contribution in [3.8, 4) is 5.75 Å². The number of anilines is 1. The van der Waals surface area contributed by atoms with Gasteiger partial charge in [0.25, 0.3) is 5.95 Å². The Balaban J connectivity index is 0.00000132. The number of halogens is 2. The van der Waals surface area contributed by atoms with Crippen LogP contribution in [0.15, 0.2) is 32.8 Å². The quantitative estimate of drug-likeness (QED) is 0.400. The monoisotopic (exact) mass is 378 g/mol. The van der Waals surface area contributed by atoms with Crippen molar-refractivity contribution in [2.75, 3.05) is 18.4 Å². The van der Waals surface area contributed by atoms with Crippen LogP contribution in [0.25, 0.3) is 10.3 Å². The fourth-order valence-corrected chi connectivity index (χ4v) is 2.42. The molecule has 0 bridgehead atoms. The molecular weight excluding hydrogens is 367 g/mol. The van der Waals surface area contributed by atoms with E-state index in [0.29, 0.717) is 22.0 Å². The zero-order chi connectivity index (χ0) is 14.8. The fraction of sp³-hybridized carbons (Fsp3) is 0.0909. The Morgan fingerprint density at radius 3 is 2.91 bits per heavy atom. The van der Waals surface area contributed by atoms with Gasteiger partial charge < -0.3 is 15.0 Å². The maximum absolute atomic E-state index is 11.3. The number of fused-ring (bicyclic) bond motifs is 1. The third-order valence-electron chi connectivity index (χ3n) is 2.59. The molecule has 3 aromatic rings. The highest BCUT2D eigenvalue weighted by Gasteiger charge is 2.10. The molecule has 12 heteroatoms. The second-order valence-corrected chi connectivity index (χ2v) is 4.91. The van der Waals surface area contributed by atoms with Gasteiger partial charge in [0.05, 0.1) is 18.0 Å². The van der Waals surface area contributed by atoms with Gasteiger partial charge in [0.15, 0.2) is 11.3 Å². The molecule has 0 saturated carbocycles. The van der Waals surface area contributed by atoms with Crippen molar-refractivity contribution >= 4 is 58.6 Å². The fourth-order valence-electron chi connectivity index (χ4n) is 1.68. The van der Waals surface area contributed by atoms with Gasteiger partial charge in [0.2, 0.25) is 0 Å². The van der Waals surface area contributed by atoms with Crippen molar-refractivity contribution < 1.29 is 9.15 Å². The number of benzene rings is 1. The molecule has 2 aromatic heterocycles. The highest BCUT2D eigenvalue weighted by Crippen LogP contribution is 2.28. The number of rotatable bonds is 4. The van der Waals surface area contributed by atoms with Crippen molar-refractivity contribution in [1.82, 2.24) is 14.9 Å². The minimum Gasteiger partial charge on any atom is -0.493 e. The molecular formula is C11H12Cl2N6O3S. The summed E-state index contributed by atoms with van der Waals surface area (Å²) in [7, 11) is 1.50. The summed E-state index contributed by atoms with van der Waals surface area (Å²) >= 11 is 0.999. The summed E-state index contributed by atoms with van der Waals surface area (Å²) in [5.74, 6) is 6.30. The average Bonchev–Trinajstić information content (AvgIpc) is 3.03. The molecule has 2 heterocycles. The van der Waals surface area contributed by atoms with Gasteiger partial charge in [0, 0.05) is 0 Å². The average molecular weight is 379 g/mol. The van der Waals surface area contributed by atoms with Gasteiger partial charge in [-0.2, -0.15) is 5.10 Å². The summed E-state index contributed by atoms with van der Waals surface area (Å²) < 4.78 is 12.1. The van der Waals surface area contributed by atoms with Crippen molar-refractivity contribution in [1.29, 1.82) is 0 Å². The van der Waals surface area contributed by atoms with Crippen molar-refractivity contribution in [2.45, 2.75) is 0 Å². The lowest BCUT2D eigenvalue weighted by atomic mass is 10.2. The zero-order valence-electron chi connectivity index (χ0n) is 11.6. The maximum Gasteiger partial charge on any atom is 0.396 e. The molecule has 0 aliphatic carbocycles. The minimum absolute atomic E-state index is 0. The number of nitrogens with two attached hydrogens (primary N) is 1. The number of hydrogen-bond donors (Lipinski definition) is 2. The summed E-state index contributed by atoms with van der Waals surface area (Å²) in [5, 5.41) is 11.3. The molecule has 0 radical (unpaired) electrons. The first-order valence-corrected chi connectivity index (χ1v) is 6.55. The molecule has 0 saturated heterocycles. The van der Waals surface area contributed by atoms with Crippen LogP contribution in [0.2, 0.25) is 0 Å². The number of nitrogens with zero attached hydrogens (tertiary/aromatic N) is 4. The molecule has 0 unspecified atom stereocenters. The Bertz CT molecular complexity index is 874. The van der Waals surface area contributed by atoms with Gasteiger partial charge in [-0.15, -0.1) is 35.0 Å². The van der Waals surface area contributed by atoms with Crippen LogP contribution in [0.4, 0.5) is 5.95 Å². The van der Waals surface area contributed by atoms with Gasteiger partial charge in [-0.05, 0) is 17.7 Å². The van der Waals surface area contributed by atoms with E-state index >= 15 is 0 Å². The number of methoxy groups -OCH3 is 1. The van der Waals surface area contributed by atoms with Crippen LogP contribution in [-0.2, 0) is 0 Å². The Kier molecular flexibility index (Phi) is 6.37. The highest BCUT2D eigenvalue weighted by molar-refractivity contribution is 7.16. The molecule has 0 aliphatic heterocycles. The molecule has 3 rings (SSSR count). The zero-order valence-corrected chi connectivity index (χ0v) is 14.1. The Morgan fingerprint density at radius 2 is 2.26 bits per heavy atom. The van der Waals surface area contributed by atoms with Gasteiger partial charge in [-0.3, -0.25) is 0 Å². The van der Waals surface area contributed by atoms with E-state index in [4.69, 9.17) is 15.0 Å². The molecule has 0 aliphatic rings. The second-order valence-electron chi connectivity index (χ2n) is 3.94. The molecule has 23 heavy (non-hydrogen) atoms. The number of hydrazone groups is 1. The minimum atomic E-state index is -0.383. The second kappa shape index (κ2) is 7.81. The number of nitrogen functional groups attached to an aromatic ring is 1. The molecule has 0 spiro atoms. The predicted molar refractivity (Wildman–Crippen MR) is 92.8 cm³/mol. The van der Waals surface area contributed by atoms with Crippen LogP contribution in [0.3, 0.4) is 0 Å². The normalized spacial score (nSPS) is 10.3. The topological polar surface area (TPSA) is 121 Å². The van der Waals surface area contributed by atoms with E-state index in [1.807, 2.05) is 0 Å². The van der Waals surface area contributed by atoms with E-state index in [0.717, 1.165) is 16.9 Å². The Hall–Kier alpha value is -2.30. The molecule has 3 N–H and O–H groups in total. The van der Waals surface area contributed by atoms with Crippen molar-refractivity contribution in [3.05, 3.63) is 33.8 Å². The van der Waals surface area contributed by atoms with E-state index < -0.39 is 0 Å². The van der Waals surface area contributed by atoms with Crippen LogP contribution < -0.4 is 20.9 Å². The molecule has 0 fully saturated rings. The predicted octanol–water partition coefficient (Wildman–Crippen LogP) is 1.46. The summed E-state index contributed by atoms with van der Waals surface area (Å²) in [6, 6.07) is 3.47.